The molecule has 2 aromatic carbocycles. The Hall–Kier alpha value is -2.54. The molecule has 0 heterocycles. The molecule has 2 aromatic rings. The normalized spacial score (nSPS) is 11.7. The molecule has 2 N–H and O–H groups in total. The van der Waals surface area contributed by atoms with Crippen molar-refractivity contribution in [1.82, 2.24) is 0 Å². The lowest BCUT2D eigenvalue weighted by Gasteiger charge is -2.12. The lowest BCUT2D eigenvalue weighted by atomic mass is 10.2. The monoisotopic (exact) mass is 273 g/mol. The van der Waals surface area contributed by atoms with Crippen LogP contribution >= 0.6 is 0 Å². The van der Waals surface area contributed by atoms with Crippen LogP contribution in [0.2, 0.25) is 0 Å². The molecule has 0 aliphatic rings. The summed E-state index contributed by atoms with van der Waals surface area (Å²) in [5.74, 6) is -0.587. The highest BCUT2D eigenvalue weighted by Gasteiger charge is 2.13. The number of para-hydroxylation sites is 1. The van der Waals surface area contributed by atoms with Crippen LogP contribution in [-0.2, 0) is 0 Å². The van der Waals surface area contributed by atoms with Gasteiger partial charge in [0.05, 0.1) is 11.1 Å². The topological polar surface area (TPSA) is 91.1 Å². The van der Waals surface area contributed by atoms with Crippen molar-refractivity contribution in [3.63, 3.8) is 0 Å². The Balaban J connectivity index is 2.24. The summed E-state index contributed by atoms with van der Waals surface area (Å²) >= 11 is 0. The number of carbonyl (C=O) groups excluding carboxylic acids is 2. The number of quaternary nitrogens is 1. The van der Waals surface area contributed by atoms with Gasteiger partial charge in [-0.05, 0) is 18.2 Å². The largest absolute Gasteiger partial charge is 0.595 e. The summed E-state index contributed by atoms with van der Waals surface area (Å²) < 4.78 is 5.09. The van der Waals surface area contributed by atoms with Gasteiger partial charge in [-0.2, -0.15) is 5.23 Å². The lowest BCUT2D eigenvalue weighted by Crippen LogP contribution is -2.99. The van der Waals surface area contributed by atoms with E-state index < -0.39 is 11.2 Å². The molecule has 1 unspecified atom stereocenters. The fourth-order valence-electron chi connectivity index (χ4n) is 1.61. The van der Waals surface area contributed by atoms with E-state index in [0.29, 0.717) is 6.29 Å². The van der Waals surface area contributed by atoms with Crippen molar-refractivity contribution in [1.29, 1.82) is 0 Å². The number of nitrogens with one attached hydrogen (secondary N) is 1. The van der Waals surface area contributed by atoms with Crippen LogP contribution in [0.25, 0.3) is 0 Å². The summed E-state index contributed by atoms with van der Waals surface area (Å²) in [6.45, 7) is 0. The highest BCUT2D eigenvalue weighted by atomic mass is 16.8. The fourth-order valence-corrected chi connectivity index (χ4v) is 1.61. The van der Waals surface area contributed by atoms with Gasteiger partial charge >= 0.3 is 5.97 Å². The molecule has 0 amide bonds. The summed E-state index contributed by atoms with van der Waals surface area (Å²) in [5.41, 5.74) is 0.337. The average Bonchev–Trinajstić information content (AvgIpc) is 2.48. The molecule has 0 aliphatic carbocycles. The van der Waals surface area contributed by atoms with E-state index in [2.05, 4.69) is 0 Å². The first-order chi connectivity index (χ1) is 9.61. The second-order valence-electron chi connectivity index (χ2n) is 3.93. The van der Waals surface area contributed by atoms with Crippen molar-refractivity contribution in [3.8, 4) is 5.75 Å². The summed E-state index contributed by atoms with van der Waals surface area (Å²) in [7, 11) is 0. The second kappa shape index (κ2) is 6.07. The van der Waals surface area contributed by atoms with Gasteiger partial charge < -0.3 is 9.94 Å². The molecule has 20 heavy (non-hydrogen) atoms. The minimum Gasteiger partial charge on any atom is -0.595 e. The smallest absolute Gasteiger partial charge is 0.343 e. The van der Waals surface area contributed by atoms with E-state index in [1.165, 1.54) is 36.4 Å². The maximum atomic E-state index is 11.9. The number of ether oxygens (including phenoxy) is 1. The number of aldehydes is 1. The van der Waals surface area contributed by atoms with E-state index in [4.69, 9.17) is 9.94 Å². The zero-order valence-corrected chi connectivity index (χ0v) is 10.3. The van der Waals surface area contributed by atoms with Gasteiger partial charge in [-0.25, -0.2) is 10.0 Å². The van der Waals surface area contributed by atoms with Crippen LogP contribution in [-0.4, -0.2) is 17.5 Å². The Kier molecular flexibility index (Phi) is 4.21. The van der Waals surface area contributed by atoms with Crippen LogP contribution in [0.5, 0.6) is 5.75 Å². The molecule has 0 aromatic heterocycles. The highest BCUT2D eigenvalue weighted by Crippen LogP contribution is 2.18. The third-order valence-corrected chi connectivity index (χ3v) is 2.59. The summed E-state index contributed by atoms with van der Waals surface area (Å²) in [6.07, 6.45) is 0.580. The molecule has 0 saturated carbocycles. The van der Waals surface area contributed by atoms with Crippen molar-refractivity contribution in [3.05, 3.63) is 64.9 Å². The minimum absolute atomic E-state index is 0.0110. The molecular weight excluding hydrogens is 262 g/mol. The Morgan fingerprint density at radius 3 is 2.65 bits per heavy atom. The Labute approximate surface area is 114 Å². The molecule has 0 saturated heterocycles. The standard InChI is InChI=1S/C14H11NO5/c16-9-11-4-1-2-7-13(11)20-14(17)10-5-3-6-12(8-10)15(18)19/h1-9,15,18H. The van der Waals surface area contributed by atoms with Gasteiger partial charge in [0.15, 0.2) is 12.0 Å². The third kappa shape index (κ3) is 3.07. The van der Waals surface area contributed by atoms with E-state index in [-0.39, 0.29) is 22.6 Å². The maximum absolute atomic E-state index is 11.9. The summed E-state index contributed by atoms with van der Waals surface area (Å²) in [5, 5.41) is 18.6. The molecular formula is C14H11NO5. The van der Waals surface area contributed by atoms with Crippen LogP contribution in [0.15, 0.2) is 48.5 Å². The number of hydrogen-bond donors (Lipinski definition) is 2. The first-order valence-electron chi connectivity index (χ1n) is 5.71. The zero-order valence-electron chi connectivity index (χ0n) is 10.3. The Bertz CT molecular complexity index is 639. The highest BCUT2D eigenvalue weighted by molar-refractivity contribution is 5.93. The average molecular weight is 273 g/mol. The molecule has 0 radical (unpaired) electrons. The molecule has 6 heteroatoms. The van der Waals surface area contributed by atoms with E-state index in [1.54, 1.807) is 12.1 Å². The Morgan fingerprint density at radius 1 is 1.20 bits per heavy atom. The van der Waals surface area contributed by atoms with Gasteiger partial charge in [-0.1, -0.05) is 18.2 Å². The molecule has 0 bridgehead atoms. The fraction of sp³-hybridized carbons (Fsp3) is 0. The summed E-state index contributed by atoms with van der Waals surface area (Å²) in [4.78, 5) is 22.7. The van der Waals surface area contributed by atoms with Crippen molar-refractivity contribution >= 4 is 17.9 Å². The van der Waals surface area contributed by atoms with E-state index in [0.717, 1.165) is 0 Å². The molecule has 6 nitrogen and oxygen atoms in total. The molecule has 0 fully saturated rings. The summed E-state index contributed by atoms with van der Waals surface area (Å²) in [6, 6.07) is 11.8. The third-order valence-electron chi connectivity index (χ3n) is 2.59. The molecule has 102 valence electrons. The number of hydrogen-bond acceptors (Lipinski definition) is 5. The van der Waals surface area contributed by atoms with Gasteiger partial charge in [0, 0.05) is 12.1 Å². The minimum atomic E-state index is -1.13. The molecule has 0 spiro atoms. The Morgan fingerprint density at radius 2 is 1.95 bits per heavy atom. The predicted octanol–water partition coefficient (Wildman–Crippen LogP) is 1.12. The van der Waals surface area contributed by atoms with Gasteiger partial charge in [-0.3, -0.25) is 4.79 Å². The van der Waals surface area contributed by atoms with Crippen LogP contribution in [0.4, 0.5) is 5.69 Å². The number of benzene rings is 2. The molecule has 2 rings (SSSR count). The molecule has 0 aliphatic heterocycles. The number of carbonyl (C=O) groups is 2. The molecule has 1 atom stereocenters. The van der Waals surface area contributed by atoms with Crippen molar-refractivity contribution in [2.75, 3.05) is 0 Å². The van der Waals surface area contributed by atoms with E-state index in [9.17, 15) is 14.8 Å². The second-order valence-corrected chi connectivity index (χ2v) is 3.93. The van der Waals surface area contributed by atoms with Crippen molar-refractivity contribution in [2.45, 2.75) is 0 Å². The van der Waals surface area contributed by atoms with Crippen LogP contribution in [0.3, 0.4) is 0 Å². The van der Waals surface area contributed by atoms with Gasteiger partial charge in [0.1, 0.15) is 5.75 Å². The van der Waals surface area contributed by atoms with Gasteiger partial charge in [0.2, 0.25) is 0 Å². The quantitative estimate of drug-likeness (QED) is 0.377. The SMILES string of the molecule is O=Cc1ccccc1OC(=O)c1cccc([NH+]([O-])O)c1. The number of rotatable bonds is 4. The van der Waals surface area contributed by atoms with Crippen LogP contribution < -0.4 is 9.96 Å². The van der Waals surface area contributed by atoms with E-state index in [1.807, 2.05) is 0 Å². The van der Waals surface area contributed by atoms with Gasteiger partial charge in [-0.15, -0.1) is 0 Å². The first-order valence-corrected chi connectivity index (χ1v) is 5.71. The predicted molar refractivity (Wildman–Crippen MR) is 69.0 cm³/mol. The van der Waals surface area contributed by atoms with Crippen molar-refractivity contribution < 1.29 is 24.8 Å². The van der Waals surface area contributed by atoms with Gasteiger partial charge in [0.25, 0.3) is 0 Å². The maximum Gasteiger partial charge on any atom is 0.343 e. The van der Waals surface area contributed by atoms with Crippen LogP contribution in [0.1, 0.15) is 20.7 Å². The first kappa shape index (κ1) is 13.9. The van der Waals surface area contributed by atoms with Crippen molar-refractivity contribution in [2.24, 2.45) is 0 Å². The zero-order chi connectivity index (χ0) is 14.5. The van der Waals surface area contributed by atoms with Crippen LogP contribution in [0, 0.1) is 5.21 Å². The lowest BCUT2D eigenvalue weighted by molar-refractivity contribution is -0.991. The van der Waals surface area contributed by atoms with E-state index >= 15 is 0 Å². The number of esters is 1.